The van der Waals surface area contributed by atoms with Crippen molar-refractivity contribution in [3.05, 3.63) is 78.0 Å². The topological polar surface area (TPSA) is 44.7 Å². The first-order valence-corrected chi connectivity index (χ1v) is 10.4. The monoisotopic (exact) mass is 430 g/mol. The number of anilines is 1. The Morgan fingerprint density at radius 1 is 1.10 bits per heavy atom. The molecule has 2 aliphatic heterocycles. The summed E-state index contributed by atoms with van der Waals surface area (Å²) < 4.78 is 44.1. The van der Waals surface area contributed by atoms with E-state index in [0.717, 1.165) is 47.6 Å². The first-order valence-electron chi connectivity index (χ1n) is 10.4. The van der Waals surface area contributed by atoms with Crippen LogP contribution in [0.1, 0.15) is 12.0 Å². The fourth-order valence-corrected chi connectivity index (χ4v) is 4.02. The van der Waals surface area contributed by atoms with Crippen LogP contribution in [0.2, 0.25) is 0 Å². The van der Waals surface area contributed by atoms with Crippen molar-refractivity contribution in [3.8, 4) is 11.1 Å². The number of alkyl halides is 3. The molecule has 0 aromatic heterocycles. The molecule has 0 bridgehead atoms. The lowest BCUT2D eigenvalue weighted by atomic mass is 10.00. The summed E-state index contributed by atoms with van der Waals surface area (Å²) in [5, 5.41) is 12.2. The van der Waals surface area contributed by atoms with Crippen LogP contribution in [0.15, 0.2) is 72.5 Å². The first-order chi connectivity index (χ1) is 14.9. The van der Waals surface area contributed by atoms with E-state index in [1.165, 1.54) is 6.08 Å². The number of halogens is 3. The summed E-state index contributed by atoms with van der Waals surface area (Å²) in [6.07, 6.45) is -0.302. The summed E-state index contributed by atoms with van der Waals surface area (Å²) in [5.74, 6) is 0. The molecule has 4 rings (SSSR count). The van der Waals surface area contributed by atoms with E-state index in [0.29, 0.717) is 13.0 Å². The Kier molecular flexibility index (Phi) is 6.34. The molecule has 0 spiro atoms. The molecule has 0 amide bonds. The van der Waals surface area contributed by atoms with E-state index in [1.54, 1.807) is 0 Å². The number of aliphatic hydroxyl groups is 1. The lowest BCUT2D eigenvalue weighted by Gasteiger charge is -2.25. The first kappa shape index (κ1) is 21.5. The van der Waals surface area contributed by atoms with Crippen LogP contribution >= 0.6 is 0 Å². The predicted molar refractivity (Wildman–Crippen MR) is 115 cm³/mol. The second-order valence-electron chi connectivity index (χ2n) is 7.72. The summed E-state index contributed by atoms with van der Waals surface area (Å²) in [6, 6.07) is 16.4. The highest BCUT2D eigenvalue weighted by molar-refractivity contribution is 5.69. The van der Waals surface area contributed by atoms with Crippen molar-refractivity contribution in [1.82, 2.24) is 5.32 Å². The van der Waals surface area contributed by atoms with Gasteiger partial charge in [0.2, 0.25) is 0 Å². The molecule has 4 nitrogen and oxygen atoms in total. The van der Waals surface area contributed by atoms with Crippen molar-refractivity contribution in [2.24, 2.45) is 0 Å². The molecule has 2 aliphatic rings. The van der Waals surface area contributed by atoms with Gasteiger partial charge in [0.05, 0.1) is 11.7 Å². The fraction of sp³-hybridized carbons (Fsp3) is 0.333. The molecule has 1 saturated heterocycles. The summed E-state index contributed by atoms with van der Waals surface area (Å²) >= 11 is 0. The van der Waals surface area contributed by atoms with E-state index >= 15 is 0 Å². The lowest BCUT2D eigenvalue weighted by molar-refractivity contribution is -0.0896. The van der Waals surface area contributed by atoms with Crippen molar-refractivity contribution in [3.63, 3.8) is 0 Å². The van der Waals surface area contributed by atoms with Crippen molar-refractivity contribution in [1.29, 1.82) is 0 Å². The van der Waals surface area contributed by atoms with Gasteiger partial charge in [-0.3, -0.25) is 0 Å². The van der Waals surface area contributed by atoms with Crippen LogP contribution in [0.5, 0.6) is 0 Å². The van der Waals surface area contributed by atoms with Gasteiger partial charge in [-0.25, -0.2) is 0 Å². The van der Waals surface area contributed by atoms with Crippen LogP contribution in [0.3, 0.4) is 0 Å². The third kappa shape index (κ3) is 5.11. The van der Waals surface area contributed by atoms with Crippen LogP contribution in [0.4, 0.5) is 18.9 Å². The summed E-state index contributed by atoms with van der Waals surface area (Å²) in [5.41, 5.74) is 3.64. The van der Waals surface area contributed by atoms with Crippen LogP contribution in [-0.4, -0.2) is 43.3 Å². The Balaban J connectivity index is 1.42. The molecule has 2 aromatic carbocycles. The lowest BCUT2D eigenvalue weighted by Crippen LogP contribution is -2.35. The minimum absolute atomic E-state index is 0.0592. The molecule has 1 fully saturated rings. The highest BCUT2D eigenvalue weighted by Gasteiger charge is 2.34. The molecule has 0 saturated carbocycles. The fourth-order valence-electron chi connectivity index (χ4n) is 4.02. The SMILES string of the molecule is OCCc1cc(-c2ccccc2)ccc1N1CC[C@H](OC2C=CC(C(F)(F)F)=CN2)C1. The number of benzene rings is 2. The Morgan fingerprint density at radius 2 is 1.90 bits per heavy atom. The third-order valence-electron chi connectivity index (χ3n) is 5.57. The molecule has 0 aliphatic carbocycles. The van der Waals surface area contributed by atoms with Gasteiger partial charge in [0, 0.05) is 31.6 Å². The number of ether oxygens (including phenoxy) is 1. The molecule has 2 heterocycles. The van der Waals surface area contributed by atoms with E-state index in [2.05, 4.69) is 40.5 Å². The molecule has 7 heteroatoms. The van der Waals surface area contributed by atoms with Gasteiger partial charge in [0.1, 0.15) is 6.23 Å². The van der Waals surface area contributed by atoms with E-state index in [4.69, 9.17) is 4.74 Å². The minimum Gasteiger partial charge on any atom is -0.396 e. The maximum absolute atomic E-state index is 12.7. The standard InChI is InChI=1S/C24H25F3N2O2/c25-24(26,27)20-7-9-23(28-15-20)31-21-10-12-29(16-21)22-8-6-18(14-19(22)11-13-30)17-4-2-1-3-5-17/h1-9,14-15,21,23,28,30H,10-13,16H2/t21-,23?/m0/s1. The molecule has 164 valence electrons. The zero-order valence-corrected chi connectivity index (χ0v) is 17.0. The normalized spacial score (nSPS) is 21.2. The highest BCUT2D eigenvalue weighted by Crippen LogP contribution is 2.32. The van der Waals surface area contributed by atoms with E-state index < -0.39 is 18.0 Å². The summed E-state index contributed by atoms with van der Waals surface area (Å²) in [4.78, 5) is 2.22. The maximum atomic E-state index is 12.7. The molecular formula is C24H25F3N2O2. The number of nitrogens with zero attached hydrogens (tertiary/aromatic N) is 1. The van der Waals surface area contributed by atoms with Crippen molar-refractivity contribution >= 4 is 5.69 Å². The average Bonchev–Trinajstić information content (AvgIpc) is 3.22. The Hall–Kier alpha value is -2.77. The minimum atomic E-state index is -4.37. The maximum Gasteiger partial charge on any atom is 0.417 e. The summed E-state index contributed by atoms with van der Waals surface area (Å²) in [7, 11) is 0. The van der Waals surface area contributed by atoms with Gasteiger partial charge < -0.3 is 20.1 Å². The molecular weight excluding hydrogens is 405 g/mol. The highest BCUT2D eigenvalue weighted by atomic mass is 19.4. The smallest absolute Gasteiger partial charge is 0.396 e. The van der Waals surface area contributed by atoms with Gasteiger partial charge in [-0.1, -0.05) is 36.4 Å². The molecule has 2 atom stereocenters. The van der Waals surface area contributed by atoms with Crippen molar-refractivity contribution < 1.29 is 23.0 Å². The van der Waals surface area contributed by atoms with E-state index in [1.807, 2.05) is 18.2 Å². The molecule has 2 aromatic rings. The number of hydrogen-bond donors (Lipinski definition) is 2. The molecule has 31 heavy (non-hydrogen) atoms. The average molecular weight is 430 g/mol. The molecule has 0 radical (unpaired) electrons. The number of nitrogens with one attached hydrogen (secondary N) is 1. The Labute approximate surface area is 179 Å². The number of allylic oxidation sites excluding steroid dienone is 2. The second-order valence-corrected chi connectivity index (χ2v) is 7.72. The van der Waals surface area contributed by atoms with Crippen molar-refractivity contribution in [2.45, 2.75) is 31.3 Å². The van der Waals surface area contributed by atoms with Crippen LogP contribution in [0.25, 0.3) is 11.1 Å². The number of hydrogen-bond acceptors (Lipinski definition) is 4. The zero-order valence-electron chi connectivity index (χ0n) is 17.0. The van der Waals surface area contributed by atoms with Crippen LogP contribution < -0.4 is 10.2 Å². The quantitative estimate of drug-likeness (QED) is 0.713. The third-order valence-corrected chi connectivity index (χ3v) is 5.57. The van der Waals surface area contributed by atoms with Gasteiger partial charge in [-0.15, -0.1) is 0 Å². The van der Waals surface area contributed by atoms with E-state index in [9.17, 15) is 18.3 Å². The zero-order chi connectivity index (χ0) is 21.8. The van der Waals surface area contributed by atoms with Gasteiger partial charge >= 0.3 is 6.18 Å². The van der Waals surface area contributed by atoms with Gasteiger partial charge in [0.15, 0.2) is 0 Å². The number of aliphatic hydroxyl groups excluding tert-OH is 1. The molecule has 2 N–H and O–H groups in total. The number of rotatable bonds is 6. The van der Waals surface area contributed by atoms with Gasteiger partial charge in [-0.2, -0.15) is 13.2 Å². The Bertz CT molecular complexity index is 957. The van der Waals surface area contributed by atoms with Crippen LogP contribution in [0, 0.1) is 0 Å². The molecule has 1 unspecified atom stereocenters. The summed E-state index contributed by atoms with van der Waals surface area (Å²) in [6.45, 7) is 1.49. The predicted octanol–water partition coefficient (Wildman–Crippen LogP) is 4.42. The Morgan fingerprint density at radius 3 is 2.58 bits per heavy atom. The van der Waals surface area contributed by atoms with Crippen LogP contribution in [-0.2, 0) is 11.2 Å². The number of dihydropyridines is 1. The second kappa shape index (κ2) is 9.16. The van der Waals surface area contributed by atoms with Gasteiger partial charge in [-0.05, 0) is 53.8 Å². The van der Waals surface area contributed by atoms with Crippen molar-refractivity contribution in [2.75, 3.05) is 24.6 Å². The largest absolute Gasteiger partial charge is 0.417 e. The van der Waals surface area contributed by atoms with Gasteiger partial charge in [0.25, 0.3) is 0 Å². The van der Waals surface area contributed by atoms with E-state index in [-0.39, 0.29) is 12.7 Å².